The molecule has 1 rings (SSSR count). The van der Waals surface area contributed by atoms with Crippen molar-refractivity contribution < 1.29 is 23.0 Å². The number of alkyl halides is 3. The predicted molar refractivity (Wildman–Crippen MR) is 65.6 cm³/mol. The third kappa shape index (κ3) is 4.02. The first-order valence-corrected chi connectivity index (χ1v) is 6.13. The quantitative estimate of drug-likeness (QED) is 0.598. The maximum Gasteiger partial charge on any atom is 0.310 e. The molecule has 1 heterocycles. The summed E-state index contributed by atoms with van der Waals surface area (Å²) in [5.41, 5.74) is 0.00124. The molecule has 0 spiro atoms. The van der Waals surface area contributed by atoms with Crippen LogP contribution in [0, 0.1) is 0 Å². The van der Waals surface area contributed by atoms with Crippen LogP contribution in [0.1, 0.15) is 30.2 Å². The van der Waals surface area contributed by atoms with Crippen molar-refractivity contribution in [1.29, 1.82) is 0 Å². The van der Waals surface area contributed by atoms with Crippen LogP contribution < -0.4 is 4.74 Å². The molecule has 0 amide bonds. The van der Waals surface area contributed by atoms with Gasteiger partial charge in [0.1, 0.15) is 0 Å². The van der Waals surface area contributed by atoms with Gasteiger partial charge in [0.25, 0.3) is 6.43 Å². The molecule has 0 N–H and O–H groups in total. The van der Waals surface area contributed by atoms with Crippen molar-refractivity contribution in [3.63, 3.8) is 0 Å². The van der Waals surface area contributed by atoms with E-state index in [4.69, 9.17) is 21.1 Å². The first kappa shape index (κ1) is 15.6. The van der Waals surface area contributed by atoms with Gasteiger partial charge in [0, 0.05) is 11.1 Å². The van der Waals surface area contributed by atoms with E-state index in [9.17, 15) is 13.6 Å². The van der Waals surface area contributed by atoms with Gasteiger partial charge in [-0.05, 0) is 13.0 Å². The third-order valence-corrected chi connectivity index (χ3v) is 2.62. The Morgan fingerprint density at radius 2 is 2.21 bits per heavy atom. The number of rotatable bonds is 6. The molecule has 0 aliphatic carbocycles. The molecule has 4 nitrogen and oxygen atoms in total. The Hall–Kier alpha value is -1.43. The summed E-state index contributed by atoms with van der Waals surface area (Å²) < 4.78 is 35.5. The Morgan fingerprint density at radius 3 is 2.68 bits per heavy atom. The van der Waals surface area contributed by atoms with Gasteiger partial charge in [-0.2, -0.15) is 0 Å². The van der Waals surface area contributed by atoms with Gasteiger partial charge in [-0.15, -0.1) is 11.6 Å². The van der Waals surface area contributed by atoms with Gasteiger partial charge in [0.05, 0.1) is 31.7 Å². The molecule has 7 heteroatoms. The first-order chi connectivity index (χ1) is 9.03. The van der Waals surface area contributed by atoms with Crippen LogP contribution in [0.4, 0.5) is 8.78 Å². The molecule has 0 fully saturated rings. The summed E-state index contributed by atoms with van der Waals surface area (Å²) in [6.45, 7) is 1.88. The summed E-state index contributed by atoms with van der Waals surface area (Å²) in [5.74, 6) is -0.579. The van der Waals surface area contributed by atoms with E-state index in [1.165, 1.54) is 13.2 Å². The molecule has 0 aromatic carbocycles. The van der Waals surface area contributed by atoms with Gasteiger partial charge in [0.2, 0.25) is 5.88 Å². The molecule has 0 bridgehead atoms. The molecule has 0 aliphatic rings. The Labute approximate surface area is 114 Å². The van der Waals surface area contributed by atoms with E-state index in [0.29, 0.717) is 0 Å². The highest BCUT2D eigenvalue weighted by Crippen LogP contribution is 2.28. The average Bonchev–Trinajstić information content (AvgIpc) is 2.38. The number of hydrogen-bond donors (Lipinski definition) is 0. The average molecular weight is 294 g/mol. The number of ether oxygens (including phenoxy) is 2. The number of hydrogen-bond acceptors (Lipinski definition) is 4. The van der Waals surface area contributed by atoms with Crippen LogP contribution in [0.2, 0.25) is 0 Å². The van der Waals surface area contributed by atoms with Crippen LogP contribution in [0.5, 0.6) is 5.88 Å². The van der Waals surface area contributed by atoms with Crippen LogP contribution in [0.25, 0.3) is 0 Å². The minimum atomic E-state index is -2.71. The Bertz CT molecular complexity index is 455. The highest BCUT2D eigenvalue weighted by molar-refractivity contribution is 6.17. The lowest BCUT2D eigenvalue weighted by Gasteiger charge is -2.12. The van der Waals surface area contributed by atoms with Gasteiger partial charge in [-0.1, -0.05) is 0 Å². The Balaban J connectivity index is 3.14. The van der Waals surface area contributed by atoms with Crippen molar-refractivity contribution in [2.75, 3.05) is 13.7 Å². The minimum Gasteiger partial charge on any atom is -0.481 e. The zero-order chi connectivity index (χ0) is 14.4. The SMILES string of the molecule is CCOC(=O)Cc1cc(C(F)F)c(CCl)nc1OC. The zero-order valence-electron chi connectivity index (χ0n) is 10.6. The molecule has 0 unspecified atom stereocenters. The lowest BCUT2D eigenvalue weighted by molar-refractivity contribution is -0.142. The maximum absolute atomic E-state index is 12.9. The second-order valence-electron chi connectivity index (χ2n) is 3.61. The molecular weight excluding hydrogens is 280 g/mol. The lowest BCUT2D eigenvalue weighted by atomic mass is 10.1. The van der Waals surface area contributed by atoms with Crippen LogP contribution >= 0.6 is 11.6 Å². The number of carbonyl (C=O) groups excluding carboxylic acids is 1. The van der Waals surface area contributed by atoms with Gasteiger partial charge in [-0.3, -0.25) is 4.79 Å². The van der Waals surface area contributed by atoms with E-state index in [1.54, 1.807) is 6.92 Å². The Kier molecular flexibility index (Phi) is 5.95. The van der Waals surface area contributed by atoms with Gasteiger partial charge >= 0.3 is 5.97 Å². The van der Waals surface area contributed by atoms with Crippen molar-refractivity contribution >= 4 is 17.6 Å². The highest BCUT2D eigenvalue weighted by atomic mass is 35.5. The summed E-state index contributed by atoms with van der Waals surface area (Å²) in [6.07, 6.45) is -2.89. The van der Waals surface area contributed by atoms with Crippen molar-refractivity contribution in [2.45, 2.75) is 25.7 Å². The molecule has 0 radical (unpaired) electrons. The smallest absolute Gasteiger partial charge is 0.310 e. The summed E-state index contributed by atoms with van der Waals surface area (Å²) in [5, 5.41) is 0. The molecule has 1 aromatic rings. The van der Waals surface area contributed by atoms with Gasteiger partial charge in [-0.25, -0.2) is 13.8 Å². The number of pyridine rings is 1. The highest BCUT2D eigenvalue weighted by Gasteiger charge is 2.20. The molecular formula is C12H14ClF2NO3. The number of aromatic nitrogens is 1. The number of esters is 1. The summed E-state index contributed by atoms with van der Waals surface area (Å²) in [4.78, 5) is 15.3. The normalized spacial score (nSPS) is 10.6. The fourth-order valence-corrected chi connectivity index (χ4v) is 1.77. The second-order valence-corrected chi connectivity index (χ2v) is 3.88. The molecule has 106 valence electrons. The van der Waals surface area contributed by atoms with Crippen LogP contribution in [0.15, 0.2) is 6.07 Å². The predicted octanol–water partition coefficient (Wildman–Crippen LogP) is 2.87. The van der Waals surface area contributed by atoms with E-state index in [0.717, 1.165) is 0 Å². The molecule has 19 heavy (non-hydrogen) atoms. The van der Waals surface area contributed by atoms with E-state index in [2.05, 4.69) is 4.98 Å². The molecule has 0 aliphatic heterocycles. The standard InChI is InChI=1S/C12H14ClF2NO3/c1-3-19-10(17)5-7-4-8(11(14)15)9(6-13)16-12(7)18-2/h4,11H,3,5-6H2,1-2H3. The zero-order valence-corrected chi connectivity index (χ0v) is 11.3. The van der Waals surface area contributed by atoms with E-state index in [1.807, 2.05) is 0 Å². The van der Waals surface area contributed by atoms with E-state index >= 15 is 0 Å². The van der Waals surface area contributed by atoms with E-state index in [-0.39, 0.29) is 41.6 Å². The number of carbonyl (C=O) groups is 1. The van der Waals surface area contributed by atoms with Crippen LogP contribution in [-0.2, 0) is 21.8 Å². The van der Waals surface area contributed by atoms with Crippen molar-refractivity contribution in [1.82, 2.24) is 4.98 Å². The minimum absolute atomic E-state index is 0.0427. The van der Waals surface area contributed by atoms with Gasteiger partial charge in [0.15, 0.2) is 0 Å². The molecule has 0 saturated heterocycles. The van der Waals surface area contributed by atoms with Crippen LogP contribution in [-0.4, -0.2) is 24.7 Å². The van der Waals surface area contributed by atoms with Crippen molar-refractivity contribution in [3.05, 3.63) is 22.9 Å². The Morgan fingerprint density at radius 1 is 1.53 bits per heavy atom. The van der Waals surface area contributed by atoms with Crippen LogP contribution in [0.3, 0.4) is 0 Å². The van der Waals surface area contributed by atoms with Crippen molar-refractivity contribution in [3.8, 4) is 5.88 Å². The summed E-state index contributed by atoms with van der Waals surface area (Å²) >= 11 is 5.57. The molecule has 1 aromatic heterocycles. The fourth-order valence-electron chi connectivity index (χ4n) is 1.56. The molecule has 0 saturated carbocycles. The summed E-state index contributed by atoms with van der Waals surface area (Å²) in [7, 11) is 1.34. The fraction of sp³-hybridized carbons (Fsp3) is 0.500. The lowest BCUT2D eigenvalue weighted by Crippen LogP contribution is -2.11. The topological polar surface area (TPSA) is 48.4 Å². The second kappa shape index (κ2) is 7.23. The largest absolute Gasteiger partial charge is 0.481 e. The number of nitrogens with zero attached hydrogens (tertiary/aromatic N) is 1. The number of halogens is 3. The van der Waals surface area contributed by atoms with Gasteiger partial charge < -0.3 is 9.47 Å². The maximum atomic E-state index is 12.9. The summed E-state index contributed by atoms with van der Waals surface area (Å²) in [6, 6.07) is 1.19. The first-order valence-electron chi connectivity index (χ1n) is 5.59. The third-order valence-electron chi connectivity index (χ3n) is 2.37. The monoisotopic (exact) mass is 293 g/mol. The molecule has 0 atom stereocenters. The number of methoxy groups -OCH3 is 1. The van der Waals surface area contributed by atoms with E-state index < -0.39 is 12.4 Å². The van der Waals surface area contributed by atoms with Crippen molar-refractivity contribution in [2.24, 2.45) is 0 Å².